The van der Waals surface area contributed by atoms with Crippen molar-refractivity contribution >= 4 is 19.7 Å². The highest BCUT2D eigenvalue weighted by atomic mass is 35.7. The van der Waals surface area contributed by atoms with E-state index in [-0.39, 0.29) is 5.56 Å². The van der Waals surface area contributed by atoms with Crippen LogP contribution in [0.5, 0.6) is 5.75 Å². The first-order chi connectivity index (χ1) is 7.82. The Hall–Kier alpha value is -1.46. The van der Waals surface area contributed by atoms with Gasteiger partial charge in [-0.2, -0.15) is 5.26 Å². The number of hydrogen-bond acceptors (Lipinski definition) is 5. The van der Waals surface area contributed by atoms with Crippen molar-refractivity contribution in [3.63, 3.8) is 0 Å². The molecule has 17 heavy (non-hydrogen) atoms. The standard InChI is InChI=1S/C8H5ClF2N2O3S/c1-16-6-4(2-12)3-13-5(8(10)11)7(6)17(9,14)15/h3,8H,1H3. The summed E-state index contributed by atoms with van der Waals surface area (Å²) >= 11 is 0. The Labute approximate surface area is 100 Å². The number of pyridine rings is 1. The number of hydrogen-bond donors (Lipinski definition) is 0. The second-order valence-electron chi connectivity index (χ2n) is 2.77. The van der Waals surface area contributed by atoms with Crippen LogP contribution in [0.4, 0.5) is 8.78 Å². The fourth-order valence-electron chi connectivity index (χ4n) is 1.16. The van der Waals surface area contributed by atoms with Crippen molar-refractivity contribution in [3.05, 3.63) is 17.5 Å². The zero-order valence-electron chi connectivity index (χ0n) is 8.32. The van der Waals surface area contributed by atoms with Gasteiger partial charge in [0.2, 0.25) is 0 Å². The zero-order chi connectivity index (χ0) is 13.2. The quantitative estimate of drug-likeness (QED) is 0.790. The molecule has 0 amide bonds. The number of aromatic nitrogens is 1. The summed E-state index contributed by atoms with van der Waals surface area (Å²) in [7, 11) is 1.57. The number of alkyl halides is 2. The Morgan fingerprint density at radius 2 is 2.18 bits per heavy atom. The molecule has 1 aromatic rings. The highest BCUT2D eigenvalue weighted by Gasteiger charge is 2.30. The van der Waals surface area contributed by atoms with Gasteiger partial charge >= 0.3 is 0 Å². The van der Waals surface area contributed by atoms with Gasteiger partial charge in [-0.05, 0) is 0 Å². The molecule has 9 heteroatoms. The molecule has 0 spiro atoms. The minimum atomic E-state index is -4.50. The number of methoxy groups -OCH3 is 1. The van der Waals surface area contributed by atoms with Crippen molar-refractivity contribution < 1.29 is 21.9 Å². The normalized spacial score (nSPS) is 11.3. The first-order valence-electron chi connectivity index (χ1n) is 4.02. The first kappa shape index (κ1) is 13.6. The van der Waals surface area contributed by atoms with E-state index in [1.807, 2.05) is 0 Å². The predicted molar refractivity (Wildman–Crippen MR) is 53.5 cm³/mol. The van der Waals surface area contributed by atoms with E-state index in [0.717, 1.165) is 13.3 Å². The number of nitrogens with zero attached hydrogens (tertiary/aromatic N) is 2. The number of nitriles is 1. The number of rotatable bonds is 3. The van der Waals surface area contributed by atoms with Gasteiger partial charge in [0.1, 0.15) is 17.3 Å². The number of ether oxygens (including phenoxy) is 1. The van der Waals surface area contributed by atoms with E-state index in [1.54, 1.807) is 6.07 Å². The molecule has 1 heterocycles. The van der Waals surface area contributed by atoms with Crippen LogP contribution in [0.3, 0.4) is 0 Å². The second kappa shape index (κ2) is 4.81. The van der Waals surface area contributed by atoms with Crippen molar-refractivity contribution in [1.29, 1.82) is 5.26 Å². The van der Waals surface area contributed by atoms with E-state index in [9.17, 15) is 17.2 Å². The lowest BCUT2D eigenvalue weighted by Crippen LogP contribution is -2.06. The molecule has 0 saturated carbocycles. The van der Waals surface area contributed by atoms with Gasteiger partial charge in [-0.15, -0.1) is 0 Å². The molecule has 0 unspecified atom stereocenters. The van der Waals surface area contributed by atoms with Crippen LogP contribution >= 0.6 is 10.7 Å². The average molecular weight is 283 g/mol. The topological polar surface area (TPSA) is 80.0 Å². The largest absolute Gasteiger partial charge is 0.494 e. The minimum Gasteiger partial charge on any atom is -0.494 e. The van der Waals surface area contributed by atoms with Crippen LogP contribution in [-0.4, -0.2) is 20.5 Å². The summed E-state index contributed by atoms with van der Waals surface area (Å²) in [5.41, 5.74) is -1.34. The lowest BCUT2D eigenvalue weighted by atomic mass is 10.2. The van der Waals surface area contributed by atoms with E-state index < -0.39 is 31.8 Å². The molecule has 0 aliphatic carbocycles. The summed E-state index contributed by atoms with van der Waals surface area (Å²) in [5.74, 6) is -0.534. The van der Waals surface area contributed by atoms with Gasteiger partial charge in [-0.3, -0.25) is 4.98 Å². The van der Waals surface area contributed by atoms with Crippen LogP contribution < -0.4 is 4.74 Å². The van der Waals surface area contributed by atoms with Gasteiger partial charge in [0.15, 0.2) is 10.6 Å². The summed E-state index contributed by atoms with van der Waals surface area (Å²) in [5, 5.41) is 8.67. The van der Waals surface area contributed by atoms with Crippen molar-refractivity contribution in [2.24, 2.45) is 0 Å². The van der Waals surface area contributed by atoms with E-state index in [0.29, 0.717) is 0 Å². The Balaban J connectivity index is 3.77. The third-order valence-corrected chi connectivity index (χ3v) is 3.14. The average Bonchev–Trinajstić information content (AvgIpc) is 2.25. The Morgan fingerprint density at radius 3 is 2.53 bits per heavy atom. The zero-order valence-corrected chi connectivity index (χ0v) is 9.89. The molecule has 0 aliphatic heterocycles. The van der Waals surface area contributed by atoms with Crippen molar-refractivity contribution in [2.75, 3.05) is 7.11 Å². The van der Waals surface area contributed by atoms with Gasteiger partial charge in [0.05, 0.1) is 7.11 Å². The highest BCUT2D eigenvalue weighted by molar-refractivity contribution is 8.13. The van der Waals surface area contributed by atoms with Crippen LogP contribution in [0.25, 0.3) is 0 Å². The molecule has 1 rings (SSSR count). The SMILES string of the molecule is COc1c(C#N)cnc(C(F)F)c1S(=O)(=O)Cl. The van der Waals surface area contributed by atoms with Crippen LogP contribution in [0, 0.1) is 11.3 Å². The fraction of sp³-hybridized carbons (Fsp3) is 0.250. The monoisotopic (exact) mass is 282 g/mol. The lowest BCUT2D eigenvalue weighted by Gasteiger charge is -2.10. The molecule has 0 aromatic carbocycles. The molecule has 0 bridgehead atoms. The van der Waals surface area contributed by atoms with E-state index >= 15 is 0 Å². The maximum atomic E-state index is 12.6. The third-order valence-electron chi connectivity index (χ3n) is 1.79. The van der Waals surface area contributed by atoms with Gasteiger partial charge in [-0.1, -0.05) is 0 Å². The van der Waals surface area contributed by atoms with Crippen LogP contribution in [0.1, 0.15) is 17.7 Å². The van der Waals surface area contributed by atoms with Crippen molar-refractivity contribution in [2.45, 2.75) is 11.3 Å². The van der Waals surface area contributed by atoms with Crippen LogP contribution in [0.2, 0.25) is 0 Å². The van der Waals surface area contributed by atoms with Crippen LogP contribution in [-0.2, 0) is 9.05 Å². The molecule has 0 N–H and O–H groups in total. The Kier molecular flexibility index (Phi) is 3.85. The third kappa shape index (κ3) is 2.62. The van der Waals surface area contributed by atoms with E-state index in [1.165, 1.54) is 0 Å². The van der Waals surface area contributed by atoms with E-state index in [2.05, 4.69) is 9.72 Å². The van der Waals surface area contributed by atoms with Gasteiger partial charge in [0, 0.05) is 16.9 Å². The maximum Gasteiger partial charge on any atom is 0.281 e. The Morgan fingerprint density at radius 1 is 1.59 bits per heavy atom. The van der Waals surface area contributed by atoms with Gasteiger partial charge < -0.3 is 4.74 Å². The van der Waals surface area contributed by atoms with E-state index in [4.69, 9.17) is 15.9 Å². The highest BCUT2D eigenvalue weighted by Crippen LogP contribution is 2.36. The number of halogens is 3. The molecule has 0 radical (unpaired) electrons. The second-order valence-corrected chi connectivity index (χ2v) is 5.27. The molecule has 1 aromatic heterocycles. The summed E-state index contributed by atoms with van der Waals surface area (Å²) in [6.45, 7) is 0. The summed E-state index contributed by atoms with van der Waals surface area (Å²) < 4.78 is 52.2. The summed E-state index contributed by atoms with van der Waals surface area (Å²) in [6, 6.07) is 1.57. The fourth-order valence-corrected chi connectivity index (χ4v) is 2.42. The molecule has 0 saturated heterocycles. The van der Waals surface area contributed by atoms with Crippen LogP contribution in [0.15, 0.2) is 11.1 Å². The molecule has 0 aliphatic rings. The predicted octanol–water partition coefficient (Wildman–Crippen LogP) is 1.83. The lowest BCUT2D eigenvalue weighted by molar-refractivity contribution is 0.141. The molecular weight excluding hydrogens is 278 g/mol. The van der Waals surface area contributed by atoms with Gasteiger partial charge in [0.25, 0.3) is 15.5 Å². The maximum absolute atomic E-state index is 12.6. The molecular formula is C8H5ClF2N2O3S. The van der Waals surface area contributed by atoms with Crippen molar-refractivity contribution in [1.82, 2.24) is 4.98 Å². The first-order valence-corrected chi connectivity index (χ1v) is 6.33. The molecule has 0 fully saturated rings. The molecule has 92 valence electrons. The van der Waals surface area contributed by atoms with Crippen molar-refractivity contribution in [3.8, 4) is 11.8 Å². The smallest absolute Gasteiger partial charge is 0.281 e. The summed E-state index contributed by atoms with van der Waals surface area (Å²) in [6.07, 6.45) is -2.36. The molecule has 5 nitrogen and oxygen atoms in total. The van der Waals surface area contributed by atoms with Gasteiger partial charge in [-0.25, -0.2) is 17.2 Å². The summed E-state index contributed by atoms with van der Waals surface area (Å²) in [4.78, 5) is 2.23. The Bertz CT molecular complexity index is 583. The molecule has 0 atom stereocenters. The minimum absolute atomic E-state index is 0.295.